The third-order valence-corrected chi connectivity index (χ3v) is 6.39. The van der Waals surface area contributed by atoms with Gasteiger partial charge in [0.25, 0.3) is 11.5 Å². The first-order valence-electron chi connectivity index (χ1n) is 12.4. The molecule has 11 nitrogen and oxygen atoms in total. The molecule has 1 saturated heterocycles. The van der Waals surface area contributed by atoms with Crippen LogP contribution in [0.25, 0.3) is 5.69 Å². The van der Waals surface area contributed by atoms with Crippen LogP contribution in [0.4, 0.5) is 16.3 Å². The van der Waals surface area contributed by atoms with E-state index in [4.69, 9.17) is 9.47 Å². The van der Waals surface area contributed by atoms with E-state index in [2.05, 4.69) is 15.6 Å². The fourth-order valence-corrected chi connectivity index (χ4v) is 4.26. The van der Waals surface area contributed by atoms with Gasteiger partial charge in [-0.15, -0.1) is 0 Å². The highest BCUT2D eigenvalue weighted by molar-refractivity contribution is 6.05. The lowest BCUT2D eigenvalue weighted by molar-refractivity contribution is 0.0564. The van der Waals surface area contributed by atoms with Crippen molar-refractivity contribution in [2.75, 3.05) is 36.9 Å². The Bertz CT molecular complexity index is 1540. The van der Waals surface area contributed by atoms with Gasteiger partial charge in [0.2, 0.25) is 0 Å². The van der Waals surface area contributed by atoms with Crippen LogP contribution < -0.4 is 20.9 Å². The molecule has 0 radical (unpaired) electrons. The van der Waals surface area contributed by atoms with Crippen molar-refractivity contribution in [1.82, 2.24) is 19.2 Å². The van der Waals surface area contributed by atoms with E-state index in [0.717, 1.165) is 0 Å². The minimum atomic E-state index is -0.494. The van der Waals surface area contributed by atoms with Crippen molar-refractivity contribution >= 4 is 23.4 Å². The number of anilines is 2. The number of hydrogen-bond acceptors (Lipinski definition) is 6. The second kappa shape index (κ2) is 11.2. The van der Waals surface area contributed by atoms with Crippen LogP contribution in [0.1, 0.15) is 16.1 Å². The highest BCUT2D eigenvalue weighted by Gasteiger charge is 2.22. The molecule has 200 valence electrons. The van der Waals surface area contributed by atoms with Crippen LogP contribution in [0.3, 0.4) is 0 Å². The van der Waals surface area contributed by atoms with Crippen molar-refractivity contribution in [3.63, 3.8) is 0 Å². The Labute approximate surface area is 224 Å². The smallest absolute Gasteiger partial charge is 0.323 e. The number of rotatable bonds is 6. The highest BCUT2D eigenvalue weighted by Crippen LogP contribution is 2.25. The summed E-state index contributed by atoms with van der Waals surface area (Å²) in [5.74, 6) is 0.880. The van der Waals surface area contributed by atoms with Crippen LogP contribution in [0.2, 0.25) is 0 Å². The van der Waals surface area contributed by atoms with Gasteiger partial charge in [0.05, 0.1) is 24.6 Å². The molecule has 2 N–H and O–H groups in total. The van der Waals surface area contributed by atoms with Crippen molar-refractivity contribution in [3.05, 3.63) is 94.5 Å². The number of morpholine rings is 1. The SMILES string of the molecule is Cc1c(C(=O)Nc2ccc(Oc3ccnc(NC(=O)N4CCOCC4)c3)cc2)c(=O)n(-c2ccccc2)n1C. The number of nitrogens with one attached hydrogen (secondary N) is 2. The van der Waals surface area contributed by atoms with Crippen LogP contribution in [0.15, 0.2) is 77.7 Å². The molecule has 5 rings (SSSR count). The summed E-state index contributed by atoms with van der Waals surface area (Å²) in [7, 11) is 1.74. The van der Waals surface area contributed by atoms with Gasteiger partial charge in [0.1, 0.15) is 22.9 Å². The first-order chi connectivity index (χ1) is 18.9. The van der Waals surface area contributed by atoms with Gasteiger partial charge in [-0.05, 0) is 49.4 Å². The van der Waals surface area contributed by atoms with E-state index in [1.54, 1.807) is 66.1 Å². The maximum atomic E-state index is 13.1. The number of amides is 3. The summed E-state index contributed by atoms with van der Waals surface area (Å²) in [5.41, 5.74) is 1.41. The van der Waals surface area contributed by atoms with Gasteiger partial charge in [-0.3, -0.25) is 19.6 Å². The van der Waals surface area contributed by atoms with Crippen LogP contribution in [0.5, 0.6) is 11.5 Å². The number of hydrogen-bond donors (Lipinski definition) is 2. The second-order valence-electron chi connectivity index (χ2n) is 8.92. The third kappa shape index (κ3) is 5.68. The van der Waals surface area contributed by atoms with Crippen LogP contribution in [0, 0.1) is 6.92 Å². The summed E-state index contributed by atoms with van der Waals surface area (Å²) in [6.45, 7) is 3.81. The van der Waals surface area contributed by atoms with E-state index >= 15 is 0 Å². The molecular formula is C28H28N6O5. The Morgan fingerprint density at radius 1 is 0.949 bits per heavy atom. The molecule has 1 aliphatic rings. The zero-order valence-electron chi connectivity index (χ0n) is 21.6. The Hall–Kier alpha value is -4.90. The molecule has 0 aliphatic carbocycles. The normalized spacial score (nSPS) is 13.1. The number of nitrogens with zero attached hydrogens (tertiary/aromatic N) is 4. The number of aromatic nitrogens is 3. The first kappa shape index (κ1) is 25.7. The monoisotopic (exact) mass is 528 g/mol. The molecule has 4 aromatic rings. The Morgan fingerprint density at radius 2 is 1.67 bits per heavy atom. The topological polar surface area (TPSA) is 120 Å². The number of ether oxygens (including phenoxy) is 2. The standard InChI is InChI=1S/C28H28N6O5/c1-19-25(27(36)34(32(19)2)21-6-4-3-5-7-21)26(35)30-20-8-10-22(11-9-20)39-23-12-13-29-24(18-23)31-28(37)33-14-16-38-17-15-33/h3-13,18H,14-17H2,1-2H3,(H,30,35)(H,29,31,37). The second-order valence-corrected chi connectivity index (χ2v) is 8.92. The maximum absolute atomic E-state index is 13.1. The molecule has 11 heteroatoms. The molecule has 2 aromatic heterocycles. The molecular weight excluding hydrogens is 500 g/mol. The van der Waals surface area contributed by atoms with Crippen LogP contribution in [-0.2, 0) is 11.8 Å². The van der Waals surface area contributed by atoms with E-state index < -0.39 is 11.5 Å². The Balaban J connectivity index is 1.24. The molecule has 3 heterocycles. The molecule has 0 unspecified atom stereocenters. The number of urea groups is 1. The highest BCUT2D eigenvalue weighted by atomic mass is 16.5. The van der Waals surface area contributed by atoms with Gasteiger partial charge in [0, 0.05) is 38.1 Å². The lowest BCUT2D eigenvalue weighted by Gasteiger charge is -2.26. The van der Waals surface area contributed by atoms with E-state index in [9.17, 15) is 14.4 Å². The van der Waals surface area contributed by atoms with Crippen molar-refractivity contribution in [3.8, 4) is 17.2 Å². The van der Waals surface area contributed by atoms with Gasteiger partial charge in [-0.1, -0.05) is 18.2 Å². The van der Waals surface area contributed by atoms with Crippen LogP contribution >= 0.6 is 0 Å². The lowest BCUT2D eigenvalue weighted by atomic mass is 10.2. The molecule has 0 spiro atoms. The average Bonchev–Trinajstić information content (AvgIpc) is 3.18. The minimum Gasteiger partial charge on any atom is -0.457 e. The van der Waals surface area contributed by atoms with Crippen molar-refractivity contribution in [2.45, 2.75) is 6.92 Å². The maximum Gasteiger partial charge on any atom is 0.323 e. The molecule has 39 heavy (non-hydrogen) atoms. The quantitative estimate of drug-likeness (QED) is 0.393. The fraction of sp³-hybridized carbons (Fsp3) is 0.214. The van der Waals surface area contributed by atoms with Gasteiger partial charge >= 0.3 is 6.03 Å². The summed E-state index contributed by atoms with van der Waals surface area (Å²) in [4.78, 5) is 44.4. The summed E-state index contributed by atoms with van der Waals surface area (Å²) in [5, 5.41) is 5.57. The third-order valence-electron chi connectivity index (χ3n) is 6.39. The van der Waals surface area contributed by atoms with Crippen molar-refractivity contribution in [2.24, 2.45) is 7.05 Å². The van der Waals surface area contributed by atoms with E-state index in [1.807, 2.05) is 30.3 Å². The molecule has 0 atom stereocenters. The molecule has 1 aliphatic heterocycles. The average molecular weight is 529 g/mol. The van der Waals surface area contributed by atoms with Crippen molar-refractivity contribution < 1.29 is 19.1 Å². The van der Waals surface area contributed by atoms with Gasteiger partial charge in [-0.25, -0.2) is 14.5 Å². The molecule has 3 amide bonds. The van der Waals surface area contributed by atoms with Gasteiger partial charge in [0.15, 0.2) is 0 Å². The zero-order valence-corrected chi connectivity index (χ0v) is 21.6. The van der Waals surface area contributed by atoms with E-state index in [-0.39, 0.29) is 11.6 Å². The van der Waals surface area contributed by atoms with Gasteiger partial charge in [-0.2, -0.15) is 0 Å². The fourth-order valence-electron chi connectivity index (χ4n) is 4.26. The first-order valence-corrected chi connectivity index (χ1v) is 12.4. The molecule has 2 aromatic carbocycles. The predicted octanol–water partition coefficient (Wildman–Crippen LogP) is 3.79. The number of benzene rings is 2. The summed E-state index contributed by atoms with van der Waals surface area (Å²) >= 11 is 0. The lowest BCUT2D eigenvalue weighted by Crippen LogP contribution is -2.43. The predicted molar refractivity (Wildman–Crippen MR) is 146 cm³/mol. The largest absolute Gasteiger partial charge is 0.457 e. The summed E-state index contributed by atoms with van der Waals surface area (Å²) in [6.07, 6.45) is 1.54. The number of pyridine rings is 1. The van der Waals surface area contributed by atoms with Crippen molar-refractivity contribution in [1.29, 1.82) is 0 Å². The number of para-hydroxylation sites is 1. The number of carbonyl (C=O) groups is 2. The zero-order chi connectivity index (χ0) is 27.4. The van der Waals surface area contributed by atoms with E-state index in [1.165, 1.54) is 4.68 Å². The molecule has 0 bridgehead atoms. The Morgan fingerprint density at radius 3 is 2.38 bits per heavy atom. The van der Waals surface area contributed by atoms with Gasteiger partial charge < -0.3 is 19.7 Å². The molecule has 0 saturated carbocycles. The summed E-state index contributed by atoms with van der Waals surface area (Å²) in [6, 6.07) is 19.0. The summed E-state index contributed by atoms with van der Waals surface area (Å²) < 4.78 is 14.3. The van der Waals surface area contributed by atoms with E-state index in [0.29, 0.717) is 60.7 Å². The molecule has 1 fully saturated rings. The van der Waals surface area contributed by atoms with Crippen LogP contribution in [-0.4, -0.2) is 57.5 Å². The Kier molecular flexibility index (Phi) is 7.41. The number of carbonyl (C=O) groups excluding carboxylic acids is 2. The minimum absolute atomic E-state index is 0.0742.